The minimum atomic E-state index is -0.471. The van der Waals surface area contributed by atoms with Gasteiger partial charge in [-0.25, -0.2) is 4.98 Å². The smallest absolute Gasteiger partial charge is 0.312 e. The number of carbonyl (C=O) groups is 2. The first-order valence-electron chi connectivity index (χ1n) is 8.02. The Balaban J connectivity index is 1.53. The molecule has 6 nitrogen and oxygen atoms in total. The Morgan fingerprint density at radius 3 is 2.96 bits per heavy atom. The number of nitrogens with one attached hydrogen (secondary N) is 1. The zero-order valence-corrected chi connectivity index (χ0v) is 14.9. The molecule has 0 fully saturated rings. The normalized spacial score (nSPS) is 10.8. The monoisotopic (exact) mass is 357 g/mol. The number of benzene rings is 1. The zero-order valence-electron chi connectivity index (χ0n) is 14.1. The Morgan fingerprint density at radius 1 is 1.36 bits per heavy atom. The average molecular weight is 357 g/mol. The maximum absolute atomic E-state index is 12.1. The van der Waals surface area contributed by atoms with Gasteiger partial charge >= 0.3 is 5.97 Å². The molecule has 0 unspecified atom stereocenters. The number of para-hydroxylation sites is 1. The molecule has 130 valence electrons. The minimum absolute atomic E-state index is 0.0479. The fraction of sp³-hybridized carbons (Fsp3) is 0.278. The zero-order chi connectivity index (χ0) is 17.8. The average Bonchev–Trinajstić information content (AvgIpc) is 3.16. The number of hydrogen-bond acceptors (Lipinski definition) is 5. The van der Waals surface area contributed by atoms with Crippen LogP contribution in [0.3, 0.4) is 0 Å². The second kappa shape index (κ2) is 7.48. The molecular formula is C18H19N3O3S. The molecule has 7 heteroatoms. The fourth-order valence-electron chi connectivity index (χ4n) is 2.58. The second-order valence-electron chi connectivity index (χ2n) is 5.67. The summed E-state index contributed by atoms with van der Waals surface area (Å²) in [6.07, 6.45) is 4.53. The van der Waals surface area contributed by atoms with Crippen LogP contribution in [-0.2, 0) is 27.2 Å². The Hall–Kier alpha value is -2.67. The van der Waals surface area contributed by atoms with E-state index in [1.54, 1.807) is 6.20 Å². The van der Waals surface area contributed by atoms with Gasteiger partial charge in [-0.1, -0.05) is 25.1 Å². The molecule has 25 heavy (non-hydrogen) atoms. The molecule has 3 rings (SSSR count). The number of aromatic nitrogens is 2. The van der Waals surface area contributed by atoms with E-state index in [0.717, 1.165) is 28.2 Å². The maximum Gasteiger partial charge on any atom is 0.312 e. The van der Waals surface area contributed by atoms with Crippen molar-refractivity contribution in [2.24, 2.45) is 0 Å². The second-order valence-corrected chi connectivity index (χ2v) is 6.55. The van der Waals surface area contributed by atoms with Crippen LogP contribution in [-0.4, -0.2) is 27.9 Å². The standard InChI is InChI=1S/C18H19N3O3S/c1-3-13-6-4-5-12(2)17(13)20-15(22)11-24-16(23)9-14-10-21-7-8-25-18(21)19-14/h4-8,10H,3,9,11H2,1-2H3,(H,20,22). The highest BCUT2D eigenvalue weighted by atomic mass is 32.1. The van der Waals surface area contributed by atoms with Crippen LogP contribution >= 0.6 is 11.3 Å². The highest BCUT2D eigenvalue weighted by Gasteiger charge is 2.13. The van der Waals surface area contributed by atoms with Gasteiger partial charge in [0.25, 0.3) is 5.91 Å². The molecule has 0 spiro atoms. The summed E-state index contributed by atoms with van der Waals surface area (Å²) in [7, 11) is 0. The third kappa shape index (κ3) is 4.06. The molecule has 0 aliphatic carbocycles. The number of carbonyl (C=O) groups excluding carboxylic acids is 2. The third-order valence-electron chi connectivity index (χ3n) is 3.84. The fourth-order valence-corrected chi connectivity index (χ4v) is 3.30. The van der Waals surface area contributed by atoms with Gasteiger partial charge in [0.2, 0.25) is 0 Å². The molecule has 3 aromatic rings. The van der Waals surface area contributed by atoms with E-state index in [2.05, 4.69) is 10.3 Å². The predicted molar refractivity (Wildman–Crippen MR) is 96.9 cm³/mol. The molecule has 0 aliphatic heterocycles. The molecular weight excluding hydrogens is 338 g/mol. The lowest BCUT2D eigenvalue weighted by Gasteiger charge is -2.13. The maximum atomic E-state index is 12.1. The van der Waals surface area contributed by atoms with Crippen LogP contribution in [0.25, 0.3) is 4.96 Å². The summed E-state index contributed by atoms with van der Waals surface area (Å²) in [5.41, 5.74) is 3.46. The van der Waals surface area contributed by atoms with Gasteiger partial charge < -0.3 is 10.1 Å². The van der Waals surface area contributed by atoms with Gasteiger partial charge in [0.15, 0.2) is 11.6 Å². The topological polar surface area (TPSA) is 72.7 Å². The summed E-state index contributed by atoms with van der Waals surface area (Å²) in [4.78, 5) is 29.1. The van der Waals surface area contributed by atoms with Crippen molar-refractivity contribution in [3.8, 4) is 0 Å². The van der Waals surface area contributed by atoms with Gasteiger partial charge in [0.05, 0.1) is 12.1 Å². The van der Waals surface area contributed by atoms with Gasteiger partial charge in [-0.15, -0.1) is 11.3 Å². The van der Waals surface area contributed by atoms with Gasteiger partial charge in [-0.3, -0.25) is 14.0 Å². The van der Waals surface area contributed by atoms with E-state index >= 15 is 0 Å². The summed E-state index contributed by atoms with van der Waals surface area (Å²) in [6.45, 7) is 3.66. The quantitative estimate of drug-likeness (QED) is 0.689. The van der Waals surface area contributed by atoms with Crippen molar-refractivity contribution in [1.29, 1.82) is 0 Å². The lowest BCUT2D eigenvalue weighted by molar-refractivity contribution is -0.146. The lowest BCUT2D eigenvalue weighted by Crippen LogP contribution is -2.22. The van der Waals surface area contributed by atoms with E-state index in [9.17, 15) is 9.59 Å². The van der Waals surface area contributed by atoms with Crippen molar-refractivity contribution in [3.05, 3.63) is 52.8 Å². The van der Waals surface area contributed by atoms with Crippen LogP contribution in [0, 0.1) is 6.92 Å². The van der Waals surface area contributed by atoms with Crippen molar-refractivity contribution in [3.63, 3.8) is 0 Å². The Kier molecular flexibility index (Phi) is 5.14. The molecule has 0 radical (unpaired) electrons. The largest absolute Gasteiger partial charge is 0.455 e. The highest BCUT2D eigenvalue weighted by Crippen LogP contribution is 2.21. The Bertz CT molecular complexity index is 885. The van der Waals surface area contributed by atoms with Crippen LogP contribution in [0.2, 0.25) is 0 Å². The predicted octanol–water partition coefficient (Wildman–Crippen LogP) is 2.99. The summed E-state index contributed by atoms with van der Waals surface area (Å²) < 4.78 is 6.92. The van der Waals surface area contributed by atoms with Gasteiger partial charge in [0, 0.05) is 23.5 Å². The number of thiazole rings is 1. The van der Waals surface area contributed by atoms with Crippen molar-refractivity contribution in [2.75, 3.05) is 11.9 Å². The van der Waals surface area contributed by atoms with Crippen molar-refractivity contribution in [1.82, 2.24) is 9.38 Å². The molecule has 0 saturated carbocycles. The first-order valence-corrected chi connectivity index (χ1v) is 8.90. The van der Waals surface area contributed by atoms with Crippen LogP contribution in [0.15, 0.2) is 36.0 Å². The van der Waals surface area contributed by atoms with Crippen molar-refractivity contribution >= 4 is 33.9 Å². The molecule has 1 aromatic carbocycles. The van der Waals surface area contributed by atoms with Crippen molar-refractivity contribution in [2.45, 2.75) is 26.7 Å². The van der Waals surface area contributed by atoms with Crippen LogP contribution in [0.1, 0.15) is 23.7 Å². The number of hydrogen-bond donors (Lipinski definition) is 1. The van der Waals surface area contributed by atoms with E-state index in [-0.39, 0.29) is 18.9 Å². The number of rotatable bonds is 6. The van der Waals surface area contributed by atoms with E-state index in [1.165, 1.54) is 11.3 Å². The number of ether oxygens (including phenoxy) is 1. The number of esters is 1. The first kappa shape index (κ1) is 17.2. The number of aryl methyl sites for hydroxylation is 2. The Labute approximate surface area is 149 Å². The number of imidazole rings is 1. The number of anilines is 1. The summed E-state index contributed by atoms with van der Waals surface area (Å²) in [5.74, 6) is -0.815. The molecule has 1 amide bonds. The van der Waals surface area contributed by atoms with Crippen LogP contribution in [0.4, 0.5) is 5.69 Å². The molecule has 0 aliphatic rings. The van der Waals surface area contributed by atoms with Crippen LogP contribution < -0.4 is 5.32 Å². The van der Waals surface area contributed by atoms with Gasteiger partial charge in [-0.05, 0) is 24.5 Å². The van der Waals surface area contributed by atoms with E-state index < -0.39 is 5.97 Å². The molecule has 1 N–H and O–H groups in total. The van der Waals surface area contributed by atoms with E-state index in [1.807, 2.05) is 48.0 Å². The number of nitrogens with zero attached hydrogens (tertiary/aromatic N) is 2. The third-order valence-corrected chi connectivity index (χ3v) is 4.61. The van der Waals surface area contributed by atoms with E-state index in [4.69, 9.17) is 4.74 Å². The Morgan fingerprint density at radius 2 is 2.20 bits per heavy atom. The minimum Gasteiger partial charge on any atom is -0.455 e. The van der Waals surface area contributed by atoms with Crippen LogP contribution in [0.5, 0.6) is 0 Å². The number of amides is 1. The highest BCUT2D eigenvalue weighted by molar-refractivity contribution is 7.15. The molecule has 2 heterocycles. The molecule has 0 bridgehead atoms. The lowest BCUT2D eigenvalue weighted by atomic mass is 10.1. The summed E-state index contributed by atoms with van der Waals surface area (Å²) in [6, 6.07) is 5.86. The van der Waals surface area contributed by atoms with Crippen molar-refractivity contribution < 1.29 is 14.3 Å². The SMILES string of the molecule is CCc1cccc(C)c1NC(=O)COC(=O)Cc1cn2ccsc2n1. The molecule has 0 atom stereocenters. The molecule has 2 aromatic heterocycles. The summed E-state index contributed by atoms with van der Waals surface area (Å²) in [5, 5.41) is 4.75. The van der Waals surface area contributed by atoms with Gasteiger partial charge in [0.1, 0.15) is 0 Å². The van der Waals surface area contributed by atoms with Gasteiger partial charge in [-0.2, -0.15) is 0 Å². The number of fused-ring (bicyclic) bond motifs is 1. The molecule has 0 saturated heterocycles. The summed E-state index contributed by atoms with van der Waals surface area (Å²) >= 11 is 1.50. The van der Waals surface area contributed by atoms with E-state index in [0.29, 0.717) is 5.69 Å². The first-order chi connectivity index (χ1) is 12.1.